The smallest absolute Gasteiger partial charge is 0.249 e. The SMILES string of the molecule is CC/C=C\C/C=C\CCCCCCCCCCCCCCCC(O)C(=O)NC(CO)C(O)CCCCCCCCCCCCCCCCCCCCCCCC. The van der Waals surface area contributed by atoms with Gasteiger partial charge < -0.3 is 20.6 Å². The van der Waals surface area contributed by atoms with E-state index in [4.69, 9.17) is 0 Å². The zero-order chi connectivity index (χ0) is 40.8. The van der Waals surface area contributed by atoms with Gasteiger partial charge in [0.25, 0.3) is 0 Å². The Morgan fingerprint density at radius 3 is 1.16 bits per heavy atom. The van der Waals surface area contributed by atoms with Crippen LogP contribution in [0.4, 0.5) is 0 Å². The number of hydrogen-bond donors (Lipinski definition) is 4. The molecule has 56 heavy (non-hydrogen) atoms. The number of rotatable bonds is 46. The Hall–Kier alpha value is -1.17. The van der Waals surface area contributed by atoms with Gasteiger partial charge in [0, 0.05) is 0 Å². The van der Waals surface area contributed by atoms with Gasteiger partial charge in [-0.2, -0.15) is 0 Å². The first-order chi connectivity index (χ1) is 27.6. The van der Waals surface area contributed by atoms with E-state index in [1.807, 2.05) is 0 Å². The third kappa shape index (κ3) is 41.0. The highest BCUT2D eigenvalue weighted by Gasteiger charge is 2.23. The Morgan fingerprint density at radius 1 is 0.446 bits per heavy atom. The minimum Gasteiger partial charge on any atom is -0.394 e. The summed E-state index contributed by atoms with van der Waals surface area (Å²) in [4.78, 5) is 12.5. The van der Waals surface area contributed by atoms with Crippen LogP contribution in [-0.4, -0.2) is 46.1 Å². The molecule has 0 aromatic carbocycles. The second kappa shape index (κ2) is 46.5. The van der Waals surface area contributed by atoms with Crippen molar-refractivity contribution in [2.75, 3.05) is 6.61 Å². The Morgan fingerprint density at radius 2 is 0.786 bits per heavy atom. The first-order valence-corrected chi connectivity index (χ1v) is 25.1. The van der Waals surface area contributed by atoms with Crippen molar-refractivity contribution in [2.45, 2.75) is 289 Å². The lowest BCUT2D eigenvalue weighted by atomic mass is 10.0. The van der Waals surface area contributed by atoms with Crippen LogP contribution < -0.4 is 5.32 Å². The molecule has 0 saturated heterocycles. The van der Waals surface area contributed by atoms with Crippen LogP contribution >= 0.6 is 0 Å². The van der Waals surface area contributed by atoms with E-state index in [-0.39, 0.29) is 6.61 Å². The third-order valence-corrected chi connectivity index (χ3v) is 11.8. The van der Waals surface area contributed by atoms with Crippen molar-refractivity contribution in [3.8, 4) is 0 Å². The average molecular weight is 790 g/mol. The molecule has 0 aliphatic rings. The standard InChI is InChI=1S/C51H99NO4/c1-3-5-7-9-11-13-15-17-19-21-23-25-26-28-29-31-33-35-37-39-41-43-45-49(54)48(47-53)52-51(56)50(55)46-44-42-40-38-36-34-32-30-27-24-22-20-18-16-14-12-10-8-6-4-2/h6,8,12,14,48-50,53-55H,3-5,7,9-11,13,15-47H2,1-2H3,(H,52,56)/b8-6-,14-12-. The van der Waals surface area contributed by atoms with Gasteiger partial charge in [-0.1, -0.05) is 256 Å². The van der Waals surface area contributed by atoms with Gasteiger partial charge in [-0.25, -0.2) is 0 Å². The van der Waals surface area contributed by atoms with Crippen LogP contribution in [0.1, 0.15) is 271 Å². The molecule has 0 radical (unpaired) electrons. The van der Waals surface area contributed by atoms with E-state index < -0.39 is 24.2 Å². The van der Waals surface area contributed by atoms with E-state index in [1.54, 1.807) is 0 Å². The molecular formula is C51H99NO4. The van der Waals surface area contributed by atoms with Crippen molar-refractivity contribution in [1.29, 1.82) is 0 Å². The maximum absolute atomic E-state index is 12.5. The van der Waals surface area contributed by atoms with Gasteiger partial charge in [0.2, 0.25) is 5.91 Å². The minimum absolute atomic E-state index is 0.311. The number of amides is 1. The summed E-state index contributed by atoms with van der Waals surface area (Å²) in [6.07, 6.45) is 57.7. The van der Waals surface area contributed by atoms with Crippen molar-refractivity contribution in [2.24, 2.45) is 0 Å². The Balaban J connectivity index is 3.55. The molecule has 5 heteroatoms. The summed E-state index contributed by atoms with van der Waals surface area (Å²) in [5.74, 6) is -0.468. The van der Waals surface area contributed by atoms with Crippen molar-refractivity contribution >= 4 is 5.91 Å². The summed E-state index contributed by atoms with van der Waals surface area (Å²) >= 11 is 0. The maximum Gasteiger partial charge on any atom is 0.249 e. The summed E-state index contributed by atoms with van der Waals surface area (Å²) in [5, 5.41) is 33.5. The fraction of sp³-hybridized carbons (Fsp3) is 0.902. The van der Waals surface area contributed by atoms with Crippen LogP contribution in [0.15, 0.2) is 24.3 Å². The molecule has 0 aromatic rings. The molecule has 0 aliphatic heterocycles. The van der Waals surface area contributed by atoms with Crippen LogP contribution in [0.5, 0.6) is 0 Å². The van der Waals surface area contributed by atoms with E-state index >= 15 is 0 Å². The fourth-order valence-corrected chi connectivity index (χ4v) is 7.94. The molecule has 3 atom stereocenters. The van der Waals surface area contributed by atoms with E-state index in [0.717, 1.165) is 44.9 Å². The number of carbonyl (C=O) groups excluding carboxylic acids is 1. The Kier molecular flexibility index (Phi) is 45.5. The van der Waals surface area contributed by atoms with Gasteiger partial charge in [0.1, 0.15) is 6.10 Å². The number of hydrogen-bond acceptors (Lipinski definition) is 4. The first-order valence-electron chi connectivity index (χ1n) is 25.1. The lowest BCUT2D eigenvalue weighted by Gasteiger charge is -2.23. The predicted molar refractivity (Wildman–Crippen MR) is 245 cm³/mol. The highest BCUT2D eigenvalue weighted by atomic mass is 16.3. The van der Waals surface area contributed by atoms with Crippen molar-refractivity contribution in [3.05, 3.63) is 24.3 Å². The normalized spacial score (nSPS) is 13.6. The highest BCUT2D eigenvalue weighted by Crippen LogP contribution is 2.17. The largest absolute Gasteiger partial charge is 0.394 e. The molecule has 0 aliphatic carbocycles. The van der Waals surface area contributed by atoms with E-state index in [9.17, 15) is 20.1 Å². The van der Waals surface area contributed by atoms with Crippen molar-refractivity contribution in [1.82, 2.24) is 5.32 Å². The molecule has 0 spiro atoms. The lowest BCUT2D eigenvalue weighted by molar-refractivity contribution is -0.131. The lowest BCUT2D eigenvalue weighted by Crippen LogP contribution is -2.49. The quantitative estimate of drug-likeness (QED) is 0.0365. The number of aliphatic hydroxyl groups is 3. The molecule has 3 unspecified atom stereocenters. The molecule has 0 aromatic heterocycles. The second-order valence-corrected chi connectivity index (χ2v) is 17.4. The fourth-order valence-electron chi connectivity index (χ4n) is 7.94. The number of aliphatic hydroxyl groups excluding tert-OH is 3. The topological polar surface area (TPSA) is 89.8 Å². The number of carbonyl (C=O) groups is 1. The molecule has 1 amide bonds. The second-order valence-electron chi connectivity index (χ2n) is 17.4. The molecule has 0 saturated carbocycles. The molecule has 0 fully saturated rings. The van der Waals surface area contributed by atoms with Crippen LogP contribution in [0.2, 0.25) is 0 Å². The Bertz CT molecular complexity index is 829. The highest BCUT2D eigenvalue weighted by molar-refractivity contribution is 5.80. The van der Waals surface area contributed by atoms with Gasteiger partial charge in [-0.05, 0) is 38.5 Å². The van der Waals surface area contributed by atoms with Crippen LogP contribution in [-0.2, 0) is 4.79 Å². The molecule has 0 bridgehead atoms. The molecule has 0 heterocycles. The molecule has 332 valence electrons. The predicted octanol–water partition coefficient (Wildman–Crippen LogP) is 14.9. The number of unbranched alkanes of at least 4 members (excludes halogenated alkanes) is 34. The van der Waals surface area contributed by atoms with Gasteiger partial charge in [-0.15, -0.1) is 0 Å². The summed E-state index contributed by atoms with van der Waals surface area (Å²) in [6, 6.07) is -0.711. The van der Waals surface area contributed by atoms with Gasteiger partial charge in [0.05, 0.1) is 18.8 Å². The molecule has 5 nitrogen and oxygen atoms in total. The van der Waals surface area contributed by atoms with E-state index in [1.165, 1.54) is 199 Å². The average Bonchev–Trinajstić information content (AvgIpc) is 3.20. The third-order valence-electron chi connectivity index (χ3n) is 11.8. The van der Waals surface area contributed by atoms with Gasteiger partial charge >= 0.3 is 0 Å². The van der Waals surface area contributed by atoms with Crippen LogP contribution in [0.3, 0.4) is 0 Å². The summed E-state index contributed by atoms with van der Waals surface area (Å²) in [7, 11) is 0. The zero-order valence-corrected chi connectivity index (χ0v) is 37.8. The van der Waals surface area contributed by atoms with E-state index in [2.05, 4.69) is 43.5 Å². The zero-order valence-electron chi connectivity index (χ0n) is 37.8. The monoisotopic (exact) mass is 790 g/mol. The molecular weight excluding hydrogens is 691 g/mol. The maximum atomic E-state index is 12.5. The minimum atomic E-state index is -1.07. The summed E-state index contributed by atoms with van der Waals surface area (Å²) < 4.78 is 0. The summed E-state index contributed by atoms with van der Waals surface area (Å²) in [6.45, 7) is 4.16. The number of nitrogens with one attached hydrogen (secondary N) is 1. The molecule has 4 N–H and O–H groups in total. The van der Waals surface area contributed by atoms with Crippen LogP contribution in [0.25, 0.3) is 0 Å². The van der Waals surface area contributed by atoms with Crippen LogP contribution in [0, 0.1) is 0 Å². The molecule has 0 rings (SSSR count). The van der Waals surface area contributed by atoms with Gasteiger partial charge in [0.15, 0.2) is 0 Å². The van der Waals surface area contributed by atoms with Crippen molar-refractivity contribution < 1.29 is 20.1 Å². The van der Waals surface area contributed by atoms with E-state index in [0.29, 0.717) is 12.8 Å². The van der Waals surface area contributed by atoms with Gasteiger partial charge in [-0.3, -0.25) is 4.79 Å². The Labute approximate surface area is 350 Å². The van der Waals surface area contributed by atoms with Crippen molar-refractivity contribution in [3.63, 3.8) is 0 Å². The number of allylic oxidation sites excluding steroid dienone is 4. The first kappa shape index (κ1) is 54.8. The summed E-state index contributed by atoms with van der Waals surface area (Å²) in [5.41, 5.74) is 0.